The summed E-state index contributed by atoms with van der Waals surface area (Å²) in [6, 6.07) is 0. The lowest BCUT2D eigenvalue weighted by molar-refractivity contribution is 0.863. The van der Waals surface area contributed by atoms with Crippen LogP contribution >= 0.6 is 22.9 Å². The molecule has 2 atom stereocenters. The van der Waals surface area contributed by atoms with E-state index >= 15 is 0 Å². The van der Waals surface area contributed by atoms with Gasteiger partial charge in [-0.1, -0.05) is 6.92 Å². The largest absolute Gasteiger partial charge is 0.246 e. The van der Waals surface area contributed by atoms with E-state index in [4.69, 9.17) is 11.6 Å². The predicted molar refractivity (Wildman–Crippen MR) is 57.7 cm³/mol. The second kappa shape index (κ2) is 3.97. The number of thiazole rings is 1. The molecule has 0 radical (unpaired) electrons. The summed E-state index contributed by atoms with van der Waals surface area (Å²) in [4.78, 5) is 4.62. The third-order valence-electron chi connectivity index (χ3n) is 2.56. The van der Waals surface area contributed by atoms with Crippen LogP contribution in [0.4, 0.5) is 0 Å². The fourth-order valence-electron chi connectivity index (χ4n) is 1.52. The molecular formula is C10H14ClNS. The molecule has 1 saturated carbocycles. The monoisotopic (exact) mass is 215 g/mol. The normalized spacial score (nSPS) is 26.3. The van der Waals surface area contributed by atoms with Crippen molar-refractivity contribution in [3.8, 4) is 0 Å². The first-order valence-electron chi connectivity index (χ1n) is 4.81. The van der Waals surface area contributed by atoms with Crippen LogP contribution < -0.4 is 0 Å². The van der Waals surface area contributed by atoms with E-state index < -0.39 is 0 Å². The van der Waals surface area contributed by atoms with E-state index in [-0.39, 0.29) is 0 Å². The molecule has 1 heterocycles. The predicted octanol–water partition coefficient (Wildman–Crippen LogP) is 3.44. The third-order valence-corrected chi connectivity index (χ3v) is 3.86. The van der Waals surface area contributed by atoms with Gasteiger partial charge in [-0.2, -0.15) is 0 Å². The zero-order valence-electron chi connectivity index (χ0n) is 7.79. The lowest BCUT2D eigenvalue weighted by atomic mass is 10.3. The third kappa shape index (κ3) is 2.23. The Kier molecular flexibility index (Phi) is 2.89. The summed E-state index contributed by atoms with van der Waals surface area (Å²) in [5, 5.41) is 3.53. The topological polar surface area (TPSA) is 12.9 Å². The SMILES string of the molecule is CC1CC1c1nc(CCCCl)cs1. The van der Waals surface area contributed by atoms with Crippen molar-refractivity contribution in [1.29, 1.82) is 0 Å². The van der Waals surface area contributed by atoms with Crippen LogP contribution in [0.15, 0.2) is 5.38 Å². The first-order chi connectivity index (χ1) is 6.31. The Labute approximate surface area is 88.1 Å². The van der Waals surface area contributed by atoms with Gasteiger partial charge in [-0.25, -0.2) is 4.98 Å². The van der Waals surface area contributed by atoms with Crippen molar-refractivity contribution in [3.05, 3.63) is 16.1 Å². The molecule has 1 fully saturated rings. The summed E-state index contributed by atoms with van der Waals surface area (Å²) in [6.07, 6.45) is 3.43. The lowest BCUT2D eigenvalue weighted by Gasteiger charge is -1.91. The summed E-state index contributed by atoms with van der Waals surface area (Å²) in [6.45, 7) is 2.30. The highest BCUT2D eigenvalue weighted by Crippen LogP contribution is 2.47. The Morgan fingerprint density at radius 3 is 3.08 bits per heavy atom. The molecule has 0 N–H and O–H groups in total. The quantitative estimate of drug-likeness (QED) is 0.702. The van der Waals surface area contributed by atoms with E-state index in [9.17, 15) is 0 Å². The summed E-state index contributed by atoms with van der Waals surface area (Å²) in [5.41, 5.74) is 1.24. The van der Waals surface area contributed by atoms with Gasteiger partial charge in [0.25, 0.3) is 0 Å². The molecule has 0 aliphatic heterocycles. The van der Waals surface area contributed by atoms with Crippen molar-refractivity contribution in [2.75, 3.05) is 5.88 Å². The molecule has 13 heavy (non-hydrogen) atoms. The number of aromatic nitrogens is 1. The average molecular weight is 216 g/mol. The fraction of sp³-hybridized carbons (Fsp3) is 0.700. The van der Waals surface area contributed by atoms with Gasteiger partial charge in [0.15, 0.2) is 0 Å². The molecule has 1 aromatic rings. The zero-order valence-corrected chi connectivity index (χ0v) is 9.37. The summed E-state index contributed by atoms with van der Waals surface area (Å²) in [7, 11) is 0. The molecule has 3 heteroatoms. The second-order valence-corrected chi connectivity index (χ2v) is 5.06. The van der Waals surface area contributed by atoms with Crippen molar-refractivity contribution in [2.24, 2.45) is 5.92 Å². The van der Waals surface area contributed by atoms with Gasteiger partial charge >= 0.3 is 0 Å². The van der Waals surface area contributed by atoms with Crippen LogP contribution in [0.5, 0.6) is 0 Å². The van der Waals surface area contributed by atoms with Crippen molar-refractivity contribution in [2.45, 2.75) is 32.1 Å². The van der Waals surface area contributed by atoms with Gasteiger partial charge in [0, 0.05) is 17.2 Å². The molecule has 72 valence electrons. The molecule has 1 nitrogen and oxygen atoms in total. The van der Waals surface area contributed by atoms with Crippen LogP contribution in [-0.2, 0) is 6.42 Å². The van der Waals surface area contributed by atoms with Crippen LogP contribution in [-0.4, -0.2) is 10.9 Å². The summed E-state index contributed by atoms with van der Waals surface area (Å²) >= 11 is 7.45. The van der Waals surface area contributed by atoms with E-state index in [1.165, 1.54) is 17.1 Å². The molecule has 0 spiro atoms. The van der Waals surface area contributed by atoms with E-state index in [2.05, 4.69) is 17.3 Å². The summed E-state index contributed by atoms with van der Waals surface area (Å²) in [5.74, 6) is 2.38. The molecule has 0 bridgehead atoms. The number of nitrogens with zero attached hydrogens (tertiary/aromatic N) is 1. The second-order valence-electron chi connectivity index (χ2n) is 3.79. The van der Waals surface area contributed by atoms with Crippen LogP contribution in [0, 0.1) is 5.92 Å². The molecule has 0 saturated heterocycles. The minimum Gasteiger partial charge on any atom is -0.246 e. The minimum absolute atomic E-state index is 0.743. The van der Waals surface area contributed by atoms with E-state index in [1.807, 2.05) is 11.3 Å². The molecule has 1 aliphatic carbocycles. The van der Waals surface area contributed by atoms with Crippen molar-refractivity contribution in [1.82, 2.24) is 4.98 Å². The molecule has 2 rings (SSSR count). The van der Waals surface area contributed by atoms with Crippen molar-refractivity contribution >= 4 is 22.9 Å². The molecular weight excluding hydrogens is 202 g/mol. The average Bonchev–Trinajstić information content (AvgIpc) is 2.67. The van der Waals surface area contributed by atoms with Crippen molar-refractivity contribution in [3.63, 3.8) is 0 Å². The maximum Gasteiger partial charge on any atom is 0.0962 e. The van der Waals surface area contributed by atoms with Gasteiger partial charge in [0.2, 0.25) is 0 Å². The molecule has 1 aliphatic rings. The zero-order chi connectivity index (χ0) is 9.26. The summed E-state index contributed by atoms with van der Waals surface area (Å²) < 4.78 is 0. The van der Waals surface area contributed by atoms with E-state index in [0.29, 0.717) is 0 Å². The highest BCUT2D eigenvalue weighted by molar-refractivity contribution is 7.09. The van der Waals surface area contributed by atoms with Gasteiger partial charge in [0.05, 0.1) is 10.7 Å². The van der Waals surface area contributed by atoms with E-state index in [1.54, 1.807) is 0 Å². The van der Waals surface area contributed by atoms with Gasteiger partial charge in [-0.15, -0.1) is 22.9 Å². The first-order valence-corrected chi connectivity index (χ1v) is 6.23. The number of halogens is 1. The number of aryl methyl sites for hydroxylation is 1. The van der Waals surface area contributed by atoms with Crippen LogP contribution in [0.2, 0.25) is 0 Å². The number of hydrogen-bond donors (Lipinski definition) is 0. The maximum atomic E-state index is 5.63. The Morgan fingerprint density at radius 2 is 2.46 bits per heavy atom. The van der Waals surface area contributed by atoms with Crippen molar-refractivity contribution < 1.29 is 0 Å². The Bertz CT molecular complexity index is 284. The highest BCUT2D eigenvalue weighted by atomic mass is 35.5. The molecule has 0 amide bonds. The van der Waals surface area contributed by atoms with Gasteiger partial charge < -0.3 is 0 Å². The molecule has 1 aromatic heterocycles. The molecule has 0 aromatic carbocycles. The van der Waals surface area contributed by atoms with Crippen LogP contribution in [0.3, 0.4) is 0 Å². The minimum atomic E-state index is 0.743. The smallest absolute Gasteiger partial charge is 0.0962 e. The number of hydrogen-bond acceptors (Lipinski definition) is 2. The molecule has 2 unspecified atom stereocenters. The van der Waals surface area contributed by atoms with Gasteiger partial charge in [-0.3, -0.25) is 0 Å². The Hall–Kier alpha value is -0.0800. The standard InChI is InChI=1S/C10H14ClNS/c1-7-5-9(7)10-12-8(6-13-10)3-2-4-11/h6-7,9H,2-5H2,1H3. The number of rotatable bonds is 4. The highest BCUT2D eigenvalue weighted by Gasteiger charge is 2.36. The van der Waals surface area contributed by atoms with Gasteiger partial charge in [0.1, 0.15) is 0 Å². The van der Waals surface area contributed by atoms with Crippen LogP contribution in [0.25, 0.3) is 0 Å². The van der Waals surface area contributed by atoms with Crippen LogP contribution in [0.1, 0.15) is 36.4 Å². The maximum absolute atomic E-state index is 5.63. The van der Waals surface area contributed by atoms with E-state index in [0.717, 1.165) is 30.6 Å². The van der Waals surface area contributed by atoms with Gasteiger partial charge in [-0.05, 0) is 25.2 Å². The Morgan fingerprint density at radius 1 is 1.69 bits per heavy atom. The first kappa shape index (κ1) is 9.47. The Balaban J connectivity index is 1.94. The lowest BCUT2D eigenvalue weighted by Crippen LogP contribution is -1.87. The fourth-order valence-corrected chi connectivity index (χ4v) is 2.76. The number of alkyl halides is 1.